The molecule has 2 aromatic rings. The molecule has 0 atom stereocenters. The first-order chi connectivity index (χ1) is 11.1. The maximum Gasteiger partial charge on any atom is 0.260 e. The molecule has 1 aliphatic heterocycles. The number of pyridine rings is 1. The Kier molecular flexibility index (Phi) is 4.57. The van der Waals surface area contributed by atoms with Gasteiger partial charge in [-0.1, -0.05) is 6.07 Å². The van der Waals surface area contributed by atoms with Gasteiger partial charge in [0.2, 0.25) is 0 Å². The van der Waals surface area contributed by atoms with Crippen molar-refractivity contribution in [2.24, 2.45) is 5.10 Å². The van der Waals surface area contributed by atoms with Crippen LogP contribution < -0.4 is 11.0 Å². The van der Waals surface area contributed by atoms with Crippen molar-refractivity contribution in [3.63, 3.8) is 0 Å². The van der Waals surface area contributed by atoms with Crippen molar-refractivity contribution in [2.45, 2.75) is 17.9 Å². The molecular formula is C16H14FN3O2S. The first-order valence-corrected chi connectivity index (χ1v) is 8.05. The molecule has 0 unspecified atom stereocenters. The fourth-order valence-electron chi connectivity index (χ4n) is 2.27. The van der Waals surface area contributed by atoms with Crippen molar-refractivity contribution in [3.05, 3.63) is 64.3 Å². The number of carbonyl (C=O) groups excluding carboxylic acids is 1. The number of halogens is 1. The van der Waals surface area contributed by atoms with Crippen molar-refractivity contribution >= 4 is 23.4 Å². The molecule has 0 saturated carbocycles. The van der Waals surface area contributed by atoms with Crippen LogP contribution >= 0.6 is 11.8 Å². The summed E-state index contributed by atoms with van der Waals surface area (Å²) in [6, 6.07) is 9.23. The number of hydrazone groups is 1. The molecule has 118 valence electrons. The van der Waals surface area contributed by atoms with Crippen molar-refractivity contribution in [3.8, 4) is 0 Å². The minimum absolute atomic E-state index is 0.110. The molecule has 1 amide bonds. The maximum atomic E-state index is 13.4. The highest BCUT2D eigenvalue weighted by atomic mass is 32.2. The van der Waals surface area contributed by atoms with Gasteiger partial charge in [-0.05, 0) is 24.3 Å². The second kappa shape index (κ2) is 6.78. The van der Waals surface area contributed by atoms with Crippen LogP contribution in [-0.2, 0) is 11.3 Å². The normalized spacial score (nSPS) is 15.3. The molecular weight excluding hydrogens is 317 g/mol. The lowest BCUT2D eigenvalue weighted by atomic mass is 10.1. The average Bonchev–Trinajstić information content (AvgIpc) is 2.55. The zero-order chi connectivity index (χ0) is 16.2. The summed E-state index contributed by atoms with van der Waals surface area (Å²) >= 11 is 1.63. The summed E-state index contributed by atoms with van der Waals surface area (Å²) in [5.74, 6) is 0.0916. The molecule has 0 spiro atoms. The molecule has 1 aromatic heterocycles. The Morgan fingerprint density at radius 2 is 2.22 bits per heavy atom. The van der Waals surface area contributed by atoms with Gasteiger partial charge in [0.25, 0.3) is 11.5 Å². The van der Waals surface area contributed by atoms with E-state index in [1.165, 1.54) is 29.0 Å². The lowest BCUT2D eigenvalue weighted by Gasteiger charge is -2.17. The third-order valence-corrected chi connectivity index (χ3v) is 4.45. The van der Waals surface area contributed by atoms with Gasteiger partial charge in [-0.2, -0.15) is 5.10 Å². The molecule has 0 aliphatic carbocycles. The van der Waals surface area contributed by atoms with Gasteiger partial charge < -0.3 is 4.57 Å². The molecule has 7 heteroatoms. The van der Waals surface area contributed by atoms with Crippen LogP contribution in [0.5, 0.6) is 0 Å². The Bertz CT molecular complexity index is 832. The van der Waals surface area contributed by atoms with E-state index in [1.807, 2.05) is 0 Å². The second-order valence-corrected chi connectivity index (χ2v) is 6.14. The molecule has 1 aromatic carbocycles. The molecule has 5 nitrogen and oxygen atoms in total. The fourth-order valence-corrected chi connectivity index (χ4v) is 3.29. The van der Waals surface area contributed by atoms with Crippen LogP contribution in [0.4, 0.5) is 4.39 Å². The number of nitrogens with zero attached hydrogens (tertiary/aromatic N) is 2. The summed E-state index contributed by atoms with van der Waals surface area (Å²) in [6.45, 7) is -0.110. The predicted molar refractivity (Wildman–Crippen MR) is 87.1 cm³/mol. The largest absolute Gasteiger partial charge is 0.306 e. The summed E-state index contributed by atoms with van der Waals surface area (Å²) in [6.07, 6.45) is 2.18. The van der Waals surface area contributed by atoms with E-state index in [2.05, 4.69) is 10.5 Å². The van der Waals surface area contributed by atoms with Gasteiger partial charge in [0, 0.05) is 34.9 Å². The molecule has 0 radical (unpaired) electrons. The minimum Gasteiger partial charge on any atom is -0.306 e. The molecule has 0 fully saturated rings. The third-order valence-electron chi connectivity index (χ3n) is 3.38. The SMILES string of the molecule is O=C(Cn1ccccc1=O)N/N=C1/CCSc2ccc(F)cc21. The van der Waals surface area contributed by atoms with Gasteiger partial charge in [-0.25, -0.2) is 9.82 Å². The standard InChI is InChI=1S/C16H14FN3O2S/c17-11-4-5-14-12(9-11)13(6-8-23-14)18-19-15(21)10-20-7-2-1-3-16(20)22/h1-5,7,9H,6,8,10H2,(H,19,21)/b18-13-. The number of hydrogen-bond acceptors (Lipinski definition) is 4. The number of aromatic nitrogens is 1. The summed E-state index contributed by atoms with van der Waals surface area (Å²) in [5, 5.41) is 4.11. The first-order valence-electron chi connectivity index (χ1n) is 7.07. The van der Waals surface area contributed by atoms with E-state index in [0.29, 0.717) is 17.7 Å². The van der Waals surface area contributed by atoms with Crippen LogP contribution in [0.1, 0.15) is 12.0 Å². The van der Waals surface area contributed by atoms with Gasteiger partial charge in [-0.3, -0.25) is 9.59 Å². The molecule has 23 heavy (non-hydrogen) atoms. The van der Waals surface area contributed by atoms with Crippen LogP contribution in [0.25, 0.3) is 0 Å². The lowest BCUT2D eigenvalue weighted by molar-refractivity contribution is -0.121. The van der Waals surface area contributed by atoms with Crippen LogP contribution in [0.2, 0.25) is 0 Å². The van der Waals surface area contributed by atoms with Gasteiger partial charge in [0.15, 0.2) is 0 Å². The highest BCUT2D eigenvalue weighted by Crippen LogP contribution is 2.30. The number of hydrogen-bond donors (Lipinski definition) is 1. The van der Waals surface area contributed by atoms with Crippen molar-refractivity contribution in [1.29, 1.82) is 0 Å². The molecule has 1 aliphatic rings. The van der Waals surface area contributed by atoms with Crippen molar-refractivity contribution in [2.75, 3.05) is 5.75 Å². The van der Waals surface area contributed by atoms with Crippen LogP contribution in [0.15, 0.2) is 57.4 Å². The number of nitrogens with one attached hydrogen (secondary N) is 1. The van der Waals surface area contributed by atoms with Crippen LogP contribution in [0.3, 0.4) is 0 Å². The van der Waals surface area contributed by atoms with E-state index in [1.54, 1.807) is 30.0 Å². The Balaban J connectivity index is 1.74. The molecule has 3 rings (SSSR count). The predicted octanol–water partition coefficient (Wildman–Crippen LogP) is 2.00. The molecule has 1 N–H and O–H groups in total. The fraction of sp³-hybridized carbons (Fsp3) is 0.188. The third kappa shape index (κ3) is 3.68. The summed E-state index contributed by atoms with van der Waals surface area (Å²) in [7, 11) is 0. The number of carbonyl (C=O) groups is 1. The Hall–Kier alpha value is -2.41. The van der Waals surface area contributed by atoms with E-state index in [4.69, 9.17) is 0 Å². The van der Waals surface area contributed by atoms with Gasteiger partial charge in [-0.15, -0.1) is 11.8 Å². The van der Waals surface area contributed by atoms with E-state index < -0.39 is 5.91 Å². The molecule has 2 heterocycles. The highest BCUT2D eigenvalue weighted by Gasteiger charge is 2.17. The van der Waals surface area contributed by atoms with Crippen LogP contribution in [0, 0.1) is 5.82 Å². The van der Waals surface area contributed by atoms with E-state index in [0.717, 1.165) is 10.6 Å². The first kappa shape index (κ1) is 15.5. The molecule has 0 saturated heterocycles. The summed E-state index contributed by atoms with van der Waals surface area (Å²) in [4.78, 5) is 24.4. The minimum atomic E-state index is -0.401. The smallest absolute Gasteiger partial charge is 0.260 e. The average molecular weight is 331 g/mol. The van der Waals surface area contributed by atoms with Gasteiger partial charge in [0.1, 0.15) is 12.4 Å². The molecule has 0 bridgehead atoms. The topological polar surface area (TPSA) is 63.5 Å². The number of rotatable bonds is 3. The Labute approximate surface area is 136 Å². The summed E-state index contributed by atoms with van der Waals surface area (Å²) < 4.78 is 14.7. The maximum absolute atomic E-state index is 13.4. The number of fused-ring (bicyclic) bond motifs is 1. The quantitative estimate of drug-likeness (QED) is 0.875. The van der Waals surface area contributed by atoms with Crippen molar-refractivity contribution in [1.82, 2.24) is 9.99 Å². The number of amides is 1. The number of benzene rings is 1. The zero-order valence-electron chi connectivity index (χ0n) is 12.2. The second-order valence-electron chi connectivity index (χ2n) is 5.00. The van der Waals surface area contributed by atoms with E-state index >= 15 is 0 Å². The number of thioether (sulfide) groups is 1. The Morgan fingerprint density at radius 3 is 3.04 bits per heavy atom. The highest BCUT2D eigenvalue weighted by molar-refractivity contribution is 7.99. The zero-order valence-corrected chi connectivity index (χ0v) is 13.0. The van der Waals surface area contributed by atoms with Crippen molar-refractivity contribution < 1.29 is 9.18 Å². The monoisotopic (exact) mass is 331 g/mol. The lowest BCUT2D eigenvalue weighted by Crippen LogP contribution is -2.30. The summed E-state index contributed by atoms with van der Waals surface area (Å²) in [5.41, 5.74) is 3.55. The van der Waals surface area contributed by atoms with E-state index in [-0.39, 0.29) is 17.9 Å². The van der Waals surface area contributed by atoms with Crippen LogP contribution in [-0.4, -0.2) is 21.9 Å². The van der Waals surface area contributed by atoms with E-state index in [9.17, 15) is 14.0 Å². The van der Waals surface area contributed by atoms with Gasteiger partial charge in [0.05, 0.1) is 5.71 Å². The van der Waals surface area contributed by atoms with Gasteiger partial charge >= 0.3 is 0 Å². The Morgan fingerprint density at radius 1 is 1.35 bits per heavy atom.